The van der Waals surface area contributed by atoms with Crippen molar-refractivity contribution >= 4 is 11.8 Å². The van der Waals surface area contributed by atoms with Crippen molar-refractivity contribution in [3.05, 3.63) is 65.2 Å². The lowest BCUT2D eigenvalue weighted by atomic mass is 9.68. The van der Waals surface area contributed by atoms with E-state index in [0.29, 0.717) is 25.7 Å². The number of fused-ring (bicyclic) bond motifs is 2. The van der Waals surface area contributed by atoms with Crippen molar-refractivity contribution in [2.45, 2.75) is 85.4 Å². The fourth-order valence-electron chi connectivity index (χ4n) is 6.23. The van der Waals surface area contributed by atoms with Crippen LogP contribution in [0.15, 0.2) is 48.5 Å². The molecule has 2 atom stereocenters. The molecule has 0 spiro atoms. The van der Waals surface area contributed by atoms with Crippen LogP contribution in [-0.4, -0.2) is 24.8 Å². The standard InChI is InChI=1S/C30H41NO3/c1-28(2,3)24-16-17-31(26-15-11-10-14-23(24)26)27(32)34-30(6,7)20-29(4,5)25-19-33-18-21-12-8-9-13-22(21)25/h8-15,24-25H,16-20H2,1-7H3. The van der Waals surface area contributed by atoms with E-state index in [2.05, 4.69) is 77.1 Å². The van der Waals surface area contributed by atoms with E-state index in [-0.39, 0.29) is 22.8 Å². The van der Waals surface area contributed by atoms with E-state index in [1.165, 1.54) is 16.7 Å². The Kier molecular flexibility index (Phi) is 6.58. The van der Waals surface area contributed by atoms with Crippen LogP contribution < -0.4 is 4.90 Å². The van der Waals surface area contributed by atoms with E-state index in [4.69, 9.17) is 9.47 Å². The van der Waals surface area contributed by atoms with Crippen molar-refractivity contribution < 1.29 is 14.3 Å². The third-order valence-electron chi connectivity index (χ3n) is 7.67. The summed E-state index contributed by atoms with van der Waals surface area (Å²) in [7, 11) is 0. The highest BCUT2D eigenvalue weighted by Crippen LogP contribution is 2.47. The van der Waals surface area contributed by atoms with Gasteiger partial charge in [0, 0.05) is 12.5 Å². The molecule has 4 rings (SSSR count). The minimum atomic E-state index is -0.608. The molecular formula is C30H41NO3. The molecule has 1 amide bonds. The second-order valence-electron chi connectivity index (χ2n) is 12.5. The Morgan fingerprint density at radius 2 is 1.59 bits per heavy atom. The summed E-state index contributed by atoms with van der Waals surface area (Å²) in [5.41, 5.74) is 4.29. The van der Waals surface area contributed by atoms with E-state index in [9.17, 15) is 4.79 Å². The van der Waals surface area contributed by atoms with Gasteiger partial charge in [0.05, 0.1) is 18.9 Å². The molecule has 2 aromatic carbocycles. The fraction of sp³-hybridized carbons (Fsp3) is 0.567. The minimum Gasteiger partial charge on any atom is -0.443 e. The van der Waals surface area contributed by atoms with Crippen LogP contribution in [-0.2, 0) is 16.1 Å². The van der Waals surface area contributed by atoms with Crippen LogP contribution in [0.1, 0.15) is 89.8 Å². The number of anilines is 1. The number of nitrogens with zero attached hydrogens (tertiary/aromatic N) is 1. The van der Waals surface area contributed by atoms with E-state index >= 15 is 0 Å². The van der Waals surface area contributed by atoms with Crippen LogP contribution in [0.3, 0.4) is 0 Å². The number of carbonyl (C=O) groups is 1. The van der Waals surface area contributed by atoms with Crippen LogP contribution in [0, 0.1) is 10.8 Å². The molecule has 0 aromatic heterocycles. The minimum absolute atomic E-state index is 0.0998. The second-order valence-corrected chi connectivity index (χ2v) is 12.5. The van der Waals surface area contributed by atoms with E-state index in [0.717, 1.165) is 18.5 Å². The number of benzene rings is 2. The molecule has 34 heavy (non-hydrogen) atoms. The summed E-state index contributed by atoms with van der Waals surface area (Å²) in [6, 6.07) is 16.9. The highest BCUT2D eigenvalue weighted by Gasteiger charge is 2.42. The molecule has 0 fully saturated rings. The molecule has 2 aliphatic rings. The molecule has 2 aliphatic heterocycles. The van der Waals surface area contributed by atoms with Gasteiger partial charge < -0.3 is 9.47 Å². The first kappa shape index (κ1) is 24.8. The van der Waals surface area contributed by atoms with Gasteiger partial charge in [-0.2, -0.15) is 0 Å². The summed E-state index contributed by atoms with van der Waals surface area (Å²) in [4.78, 5) is 15.3. The predicted octanol–water partition coefficient (Wildman–Crippen LogP) is 7.67. The number of amides is 1. The Morgan fingerprint density at radius 3 is 2.29 bits per heavy atom. The topological polar surface area (TPSA) is 38.8 Å². The number of hydrogen-bond donors (Lipinski definition) is 0. The molecule has 0 radical (unpaired) electrons. The maximum atomic E-state index is 13.5. The van der Waals surface area contributed by atoms with Crippen molar-refractivity contribution in [1.29, 1.82) is 0 Å². The zero-order valence-electron chi connectivity index (χ0n) is 22.0. The Hall–Kier alpha value is -2.33. The van der Waals surface area contributed by atoms with Gasteiger partial charge in [0.25, 0.3) is 0 Å². The summed E-state index contributed by atoms with van der Waals surface area (Å²) in [5.74, 6) is 0.685. The van der Waals surface area contributed by atoms with Crippen LogP contribution in [0.25, 0.3) is 0 Å². The van der Waals surface area contributed by atoms with Gasteiger partial charge in [0.15, 0.2) is 0 Å². The zero-order chi connectivity index (χ0) is 24.7. The van der Waals surface area contributed by atoms with Crippen LogP contribution >= 0.6 is 0 Å². The zero-order valence-corrected chi connectivity index (χ0v) is 22.0. The fourth-order valence-corrected chi connectivity index (χ4v) is 6.23. The van der Waals surface area contributed by atoms with Crippen LogP contribution in [0.2, 0.25) is 0 Å². The highest BCUT2D eigenvalue weighted by atomic mass is 16.6. The third-order valence-corrected chi connectivity index (χ3v) is 7.67. The number of rotatable bonds is 4. The Bertz CT molecular complexity index is 1030. The average Bonchev–Trinajstić information content (AvgIpc) is 2.76. The van der Waals surface area contributed by atoms with Crippen molar-refractivity contribution in [2.75, 3.05) is 18.1 Å². The SMILES string of the molecule is CC(C)(CC(C)(C)C1COCc2ccccc21)OC(=O)N1CCC(C(C)(C)C)c2ccccc21. The van der Waals surface area contributed by atoms with Gasteiger partial charge in [-0.3, -0.25) is 4.90 Å². The highest BCUT2D eigenvalue weighted by molar-refractivity contribution is 5.89. The average molecular weight is 464 g/mol. The van der Waals surface area contributed by atoms with Crippen molar-refractivity contribution in [1.82, 2.24) is 0 Å². The molecule has 2 unspecified atom stereocenters. The Labute approximate surface area is 205 Å². The van der Waals surface area contributed by atoms with Crippen molar-refractivity contribution in [3.8, 4) is 0 Å². The number of ether oxygens (including phenoxy) is 2. The van der Waals surface area contributed by atoms with Gasteiger partial charge in [-0.25, -0.2) is 4.79 Å². The van der Waals surface area contributed by atoms with Crippen molar-refractivity contribution in [2.24, 2.45) is 10.8 Å². The summed E-state index contributed by atoms with van der Waals surface area (Å²) < 4.78 is 12.2. The maximum Gasteiger partial charge on any atom is 0.414 e. The second kappa shape index (κ2) is 9.03. The largest absolute Gasteiger partial charge is 0.443 e. The van der Waals surface area contributed by atoms with Gasteiger partial charge in [-0.1, -0.05) is 77.1 Å². The Balaban J connectivity index is 1.51. The van der Waals surface area contributed by atoms with Gasteiger partial charge in [0.1, 0.15) is 5.60 Å². The lowest BCUT2D eigenvalue weighted by Crippen LogP contribution is -2.45. The van der Waals surface area contributed by atoms with E-state index in [1.807, 2.05) is 24.8 Å². The molecule has 4 heteroatoms. The first-order valence-corrected chi connectivity index (χ1v) is 12.6. The molecule has 0 N–H and O–H groups in total. The first-order valence-electron chi connectivity index (χ1n) is 12.6. The van der Waals surface area contributed by atoms with Crippen LogP contribution in [0.4, 0.5) is 10.5 Å². The molecule has 4 nitrogen and oxygen atoms in total. The lowest BCUT2D eigenvalue weighted by Gasteiger charge is -2.44. The predicted molar refractivity (Wildman–Crippen MR) is 138 cm³/mol. The number of hydrogen-bond acceptors (Lipinski definition) is 3. The molecule has 0 saturated heterocycles. The summed E-state index contributed by atoms with van der Waals surface area (Å²) in [5, 5.41) is 0. The van der Waals surface area contributed by atoms with Crippen molar-refractivity contribution in [3.63, 3.8) is 0 Å². The smallest absolute Gasteiger partial charge is 0.414 e. The summed E-state index contributed by atoms with van der Waals surface area (Å²) in [6.45, 7) is 17.5. The molecule has 2 aromatic rings. The molecule has 184 valence electrons. The molecule has 0 aliphatic carbocycles. The maximum absolute atomic E-state index is 13.5. The third kappa shape index (κ3) is 5.02. The quantitative estimate of drug-likeness (QED) is 0.467. The molecule has 2 heterocycles. The molecule has 0 bridgehead atoms. The lowest BCUT2D eigenvalue weighted by molar-refractivity contribution is -0.0141. The molecule has 0 saturated carbocycles. The van der Waals surface area contributed by atoms with Gasteiger partial charge in [-0.15, -0.1) is 0 Å². The van der Waals surface area contributed by atoms with E-state index < -0.39 is 5.60 Å². The summed E-state index contributed by atoms with van der Waals surface area (Å²) in [6.07, 6.45) is 1.44. The first-order chi connectivity index (χ1) is 15.9. The Morgan fingerprint density at radius 1 is 0.941 bits per heavy atom. The number of carbonyl (C=O) groups excluding carboxylic acids is 1. The van der Waals surface area contributed by atoms with E-state index in [1.54, 1.807) is 0 Å². The molecular weight excluding hydrogens is 422 g/mol. The van der Waals surface area contributed by atoms with Crippen LogP contribution in [0.5, 0.6) is 0 Å². The normalized spacial score (nSPS) is 21.0. The van der Waals surface area contributed by atoms with Gasteiger partial charge >= 0.3 is 6.09 Å². The monoisotopic (exact) mass is 463 g/mol. The number of para-hydroxylation sites is 1. The van der Waals surface area contributed by atoms with Gasteiger partial charge in [-0.05, 0) is 66.2 Å². The summed E-state index contributed by atoms with van der Waals surface area (Å²) >= 11 is 0. The van der Waals surface area contributed by atoms with Gasteiger partial charge in [0.2, 0.25) is 0 Å².